The summed E-state index contributed by atoms with van der Waals surface area (Å²) in [6.07, 6.45) is 8.08. The summed E-state index contributed by atoms with van der Waals surface area (Å²) >= 11 is 0. The van der Waals surface area contributed by atoms with Gasteiger partial charge >= 0.3 is 23.2 Å². The predicted molar refractivity (Wildman–Crippen MR) is 124 cm³/mol. The van der Waals surface area contributed by atoms with Gasteiger partial charge in [0.05, 0.1) is 18.4 Å². The molecule has 0 bridgehead atoms. The van der Waals surface area contributed by atoms with Crippen LogP contribution in [0.4, 0.5) is 0 Å². The van der Waals surface area contributed by atoms with Crippen molar-refractivity contribution < 1.29 is 24.3 Å². The van der Waals surface area contributed by atoms with Gasteiger partial charge in [0.2, 0.25) is 0 Å². The largest absolute Gasteiger partial charge is 0.489 e. The highest BCUT2D eigenvalue weighted by molar-refractivity contribution is 5.89. The van der Waals surface area contributed by atoms with Gasteiger partial charge in [-0.3, -0.25) is 19.6 Å². The number of ether oxygens (including phenoxy) is 1. The van der Waals surface area contributed by atoms with E-state index in [0.717, 1.165) is 5.75 Å². The lowest BCUT2D eigenvalue weighted by Crippen LogP contribution is -2.42. The SMILES string of the molecule is C1=Cc2ccccc2OC1.NCC(=O)O.O=C(On1c(=O)[nH]c2nc[nH]c2c1=O)c1cccnc1. The fourth-order valence-corrected chi connectivity index (χ4v) is 2.66. The summed E-state index contributed by atoms with van der Waals surface area (Å²) in [7, 11) is 0. The van der Waals surface area contributed by atoms with Crippen molar-refractivity contribution in [1.82, 2.24) is 24.7 Å². The number of hydrogen-bond donors (Lipinski definition) is 4. The molecular formula is C22H20N6O7. The number of imidazole rings is 1. The normalized spacial score (nSPS) is 11.1. The molecule has 0 spiro atoms. The second-order valence-corrected chi connectivity index (χ2v) is 6.63. The Kier molecular flexibility index (Phi) is 8.23. The molecule has 1 aliphatic rings. The van der Waals surface area contributed by atoms with Crippen LogP contribution in [0.1, 0.15) is 15.9 Å². The van der Waals surface area contributed by atoms with Crippen molar-refractivity contribution >= 4 is 29.2 Å². The van der Waals surface area contributed by atoms with Crippen LogP contribution in [0.5, 0.6) is 5.75 Å². The lowest BCUT2D eigenvalue weighted by atomic mass is 10.1. The van der Waals surface area contributed by atoms with Gasteiger partial charge < -0.3 is 25.4 Å². The maximum Gasteiger partial charge on any atom is 0.365 e. The Bertz CT molecular complexity index is 1460. The molecule has 5 rings (SSSR count). The van der Waals surface area contributed by atoms with E-state index in [2.05, 4.69) is 31.7 Å². The van der Waals surface area contributed by atoms with Gasteiger partial charge in [0.15, 0.2) is 11.2 Å². The van der Waals surface area contributed by atoms with E-state index in [4.69, 9.17) is 14.7 Å². The first-order valence-corrected chi connectivity index (χ1v) is 10.0. The number of aromatic nitrogens is 5. The number of fused-ring (bicyclic) bond motifs is 2. The van der Waals surface area contributed by atoms with E-state index in [1.807, 2.05) is 30.3 Å². The average Bonchev–Trinajstić information content (AvgIpc) is 3.36. The molecule has 3 aromatic heterocycles. The topological polar surface area (TPSA) is 195 Å². The summed E-state index contributed by atoms with van der Waals surface area (Å²) < 4.78 is 5.67. The number of hydrogen-bond acceptors (Lipinski definition) is 9. The zero-order chi connectivity index (χ0) is 25.2. The molecule has 0 amide bonds. The summed E-state index contributed by atoms with van der Waals surface area (Å²) in [4.78, 5) is 61.8. The quantitative estimate of drug-likeness (QED) is 0.314. The molecule has 1 aromatic carbocycles. The van der Waals surface area contributed by atoms with Gasteiger partial charge in [-0.15, -0.1) is 0 Å². The molecular weight excluding hydrogens is 460 g/mol. The van der Waals surface area contributed by atoms with E-state index >= 15 is 0 Å². The number of para-hydroxylation sites is 1. The molecule has 0 saturated heterocycles. The number of pyridine rings is 1. The van der Waals surface area contributed by atoms with Gasteiger partial charge in [0, 0.05) is 18.0 Å². The number of carboxylic acid groups (broad SMARTS) is 1. The van der Waals surface area contributed by atoms with Gasteiger partial charge in [0.25, 0.3) is 0 Å². The molecule has 5 N–H and O–H groups in total. The highest BCUT2D eigenvalue weighted by Gasteiger charge is 2.15. The first-order chi connectivity index (χ1) is 16.9. The van der Waals surface area contributed by atoms with Crippen molar-refractivity contribution in [3.63, 3.8) is 0 Å². The van der Waals surface area contributed by atoms with Crippen LogP contribution in [-0.2, 0) is 4.79 Å². The first-order valence-electron chi connectivity index (χ1n) is 10.0. The zero-order valence-corrected chi connectivity index (χ0v) is 18.1. The third kappa shape index (κ3) is 6.49. The number of nitrogens with zero attached hydrogens (tertiary/aromatic N) is 3. The Hall–Kier alpha value is -5.04. The average molecular weight is 480 g/mol. The molecule has 1 aliphatic heterocycles. The minimum absolute atomic E-state index is 0.0311. The monoisotopic (exact) mass is 480 g/mol. The van der Waals surface area contributed by atoms with E-state index in [-0.39, 0.29) is 23.3 Å². The predicted octanol–water partition coefficient (Wildman–Crippen LogP) is 0.199. The molecule has 0 unspecified atom stereocenters. The molecule has 13 nitrogen and oxygen atoms in total. The van der Waals surface area contributed by atoms with Crippen LogP contribution >= 0.6 is 0 Å². The van der Waals surface area contributed by atoms with Crippen molar-refractivity contribution in [3.8, 4) is 5.75 Å². The fraction of sp³-hybridized carbons (Fsp3) is 0.0909. The molecule has 4 heterocycles. The Morgan fingerprint density at radius 1 is 1.20 bits per heavy atom. The van der Waals surface area contributed by atoms with Crippen LogP contribution in [0.15, 0.2) is 70.8 Å². The molecule has 35 heavy (non-hydrogen) atoms. The standard InChI is InChI=1S/C11H7N5O4.C9H8O.C2H5NO2/c17-9-7-8(14-5-13-7)15-11(19)16(9)20-10(18)6-2-1-3-12-4-6;1-2-6-9-8(4-1)5-3-7-10-9;3-1-2(4)5/h1-5H,(H,13,14)(H,15,19);1-6H,7H2;1,3H2,(H,4,5). The maximum atomic E-state index is 12.0. The van der Waals surface area contributed by atoms with E-state index < -0.39 is 23.2 Å². The smallest absolute Gasteiger partial charge is 0.365 e. The molecule has 0 fully saturated rings. The molecule has 0 saturated carbocycles. The number of rotatable bonds is 3. The number of nitrogens with two attached hydrogens (primary N) is 1. The van der Waals surface area contributed by atoms with Crippen LogP contribution in [-0.4, -0.2) is 54.9 Å². The fourth-order valence-electron chi connectivity index (χ4n) is 2.66. The number of aromatic amines is 2. The van der Waals surface area contributed by atoms with Crippen molar-refractivity contribution in [1.29, 1.82) is 0 Å². The van der Waals surface area contributed by atoms with Crippen LogP contribution in [0, 0.1) is 0 Å². The van der Waals surface area contributed by atoms with Crippen molar-refractivity contribution in [2.24, 2.45) is 5.73 Å². The maximum absolute atomic E-state index is 12.0. The van der Waals surface area contributed by atoms with Crippen LogP contribution in [0.3, 0.4) is 0 Å². The number of H-pyrrole nitrogens is 2. The lowest BCUT2D eigenvalue weighted by Gasteiger charge is -2.10. The lowest BCUT2D eigenvalue weighted by molar-refractivity contribution is -0.135. The van der Waals surface area contributed by atoms with Gasteiger partial charge in [-0.1, -0.05) is 29.0 Å². The zero-order valence-electron chi connectivity index (χ0n) is 18.1. The molecule has 4 aromatic rings. The summed E-state index contributed by atoms with van der Waals surface area (Å²) in [5.74, 6) is -0.848. The summed E-state index contributed by atoms with van der Waals surface area (Å²) in [5, 5.41) is 7.60. The third-order valence-corrected chi connectivity index (χ3v) is 4.24. The van der Waals surface area contributed by atoms with E-state index in [1.165, 1.54) is 36.4 Å². The van der Waals surface area contributed by atoms with Gasteiger partial charge in [-0.05, 0) is 24.3 Å². The van der Waals surface area contributed by atoms with E-state index in [1.54, 1.807) is 0 Å². The Labute approximate surface area is 196 Å². The molecule has 0 radical (unpaired) electrons. The first kappa shape index (κ1) is 24.6. The van der Waals surface area contributed by atoms with Crippen molar-refractivity contribution in [2.45, 2.75) is 0 Å². The molecule has 0 aliphatic carbocycles. The highest BCUT2D eigenvalue weighted by atomic mass is 16.7. The van der Waals surface area contributed by atoms with Crippen LogP contribution in [0.25, 0.3) is 17.2 Å². The molecule has 0 atom stereocenters. The third-order valence-electron chi connectivity index (χ3n) is 4.24. The van der Waals surface area contributed by atoms with Crippen LogP contribution < -0.4 is 26.6 Å². The minimum Gasteiger partial charge on any atom is -0.489 e. The number of nitrogens with one attached hydrogen (secondary N) is 2. The van der Waals surface area contributed by atoms with Gasteiger partial charge in [-0.2, -0.15) is 0 Å². The van der Waals surface area contributed by atoms with Crippen LogP contribution in [0.2, 0.25) is 0 Å². The Morgan fingerprint density at radius 3 is 2.66 bits per heavy atom. The highest BCUT2D eigenvalue weighted by Crippen LogP contribution is 2.21. The molecule has 180 valence electrons. The number of carbonyl (C=O) groups is 2. The van der Waals surface area contributed by atoms with Crippen molar-refractivity contribution in [2.75, 3.05) is 13.2 Å². The van der Waals surface area contributed by atoms with E-state index in [0.29, 0.717) is 11.3 Å². The minimum atomic E-state index is -0.968. The summed E-state index contributed by atoms with van der Waals surface area (Å²) in [6.45, 7) is 0.428. The number of benzene rings is 1. The summed E-state index contributed by atoms with van der Waals surface area (Å²) in [5.41, 5.74) is 4.28. The summed E-state index contributed by atoms with van der Waals surface area (Å²) in [6, 6.07) is 11.0. The number of aliphatic carboxylic acids is 1. The second-order valence-electron chi connectivity index (χ2n) is 6.63. The van der Waals surface area contributed by atoms with E-state index in [9.17, 15) is 19.2 Å². The molecule has 13 heteroatoms. The van der Waals surface area contributed by atoms with Crippen molar-refractivity contribution in [3.05, 3.63) is 93.2 Å². The van der Waals surface area contributed by atoms with Gasteiger partial charge in [0.1, 0.15) is 12.4 Å². The second kappa shape index (κ2) is 11.7. The Balaban J connectivity index is 0.000000189. The number of carbonyl (C=O) groups excluding carboxylic acids is 1. The van der Waals surface area contributed by atoms with Gasteiger partial charge in [-0.25, -0.2) is 14.6 Å². The Morgan fingerprint density at radius 2 is 1.97 bits per heavy atom. The number of carboxylic acids is 1.